The Morgan fingerprint density at radius 2 is 1.88 bits per heavy atom. The molecule has 1 aromatic carbocycles. The molecule has 2 aliphatic rings. The minimum Gasteiger partial charge on any atom is -0.334 e. The van der Waals surface area contributed by atoms with Gasteiger partial charge in [0.2, 0.25) is 10.0 Å². The average Bonchev–Trinajstić information content (AvgIpc) is 3.26. The molecule has 0 atom stereocenters. The van der Waals surface area contributed by atoms with Crippen molar-refractivity contribution >= 4 is 10.0 Å². The summed E-state index contributed by atoms with van der Waals surface area (Å²) in [5, 5.41) is 4.12. The van der Waals surface area contributed by atoms with E-state index in [4.69, 9.17) is 4.52 Å². The molecular formula is C17H21N3O3S. The smallest absolute Gasteiger partial charge is 0.257 e. The van der Waals surface area contributed by atoms with E-state index in [1.807, 2.05) is 0 Å². The van der Waals surface area contributed by atoms with E-state index in [1.165, 1.54) is 19.3 Å². The van der Waals surface area contributed by atoms with Crippen LogP contribution in [0.2, 0.25) is 0 Å². The van der Waals surface area contributed by atoms with Crippen LogP contribution in [-0.4, -0.2) is 24.6 Å². The number of nitrogens with one attached hydrogen (secondary N) is 1. The van der Waals surface area contributed by atoms with Crippen LogP contribution in [0.4, 0.5) is 0 Å². The van der Waals surface area contributed by atoms with Crippen molar-refractivity contribution in [1.82, 2.24) is 14.9 Å². The van der Waals surface area contributed by atoms with Crippen molar-refractivity contribution in [3.63, 3.8) is 0 Å². The highest BCUT2D eigenvalue weighted by molar-refractivity contribution is 7.89. The van der Waals surface area contributed by atoms with E-state index in [0.29, 0.717) is 17.4 Å². The fourth-order valence-corrected chi connectivity index (χ4v) is 4.51. The summed E-state index contributed by atoms with van der Waals surface area (Å²) >= 11 is 0. The molecule has 0 spiro atoms. The molecule has 24 heavy (non-hydrogen) atoms. The van der Waals surface area contributed by atoms with Crippen molar-refractivity contribution < 1.29 is 12.9 Å². The second kappa shape index (κ2) is 6.29. The molecular weight excluding hydrogens is 326 g/mol. The molecule has 6 nitrogen and oxygen atoms in total. The summed E-state index contributed by atoms with van der Waals surface area (Å²) in [6.07, 6.45) is 7.69. The van der Waals surface area contributed by atoms with Crippen LogP contribution in [0.5, 0.6) is 0 Å². The van der Waals surface area contributed by atoms with Crippen LogP contribution in [0.25, 0.3) is 11.5 Å². The van der Waals surface area contributed by atoms with E-state index in [9.17, 15) is 8.42 Å². The maximum Gasteiger partial charge on any atom is 0.257 e. The second-order valence-corrected chi connectivity index (χ2v) is 8.43. The van der Waals surface area contributed by atoms with Gasteiger partial charge in [0.25, 0.3) is 5.89 Å². The molecule has 1 N–H and O–H groups in total. The lowest BCUT2D eigenvalue weighted by Gasteiger charge is -2.17. The van der Waals surface area contributed by atoms with Gasteiger partial charge in [0.15, 0.2) is 5.82 Å². The van der Waals surface area contributed by atoms with Crippen LogP contribution < -0.4 is 4.72 Å². The highest BCUT2D eigenvalue weighted by Crippen LogP contribution is 2.32. The van der Waals surface area contributed by atoms with Gasteiger partial charge in [-0.05, 0) is 43.9 Å². The summed E-state index contributed by atoms with van der Waals surface area (Å²) in [5.74, 6) is 1.49. The van der Waals surface area contributed by atoms with Crippen molar-refractivity contribution in [2.75, 3.05) is 0 Å². The molecule has 2 aromatic rings. The van der Waals surface area contributed by atoms with E-state index in [2.05, 4.69) is 14.9 Å². The number of rotatable bonds is 5. The minimum atomic E-state index is -3.48. The van der Waals surface area contributed by atoms with Gasteiger partial charge in [-0.1, -0.05) is 30.5 Å². The molecule has 2 fully saturated rings. The van der Waals surface area contributed by atoms with Crippen LogP contribution in [0, 0.1) is 0 Å². The monoisotopic (exact) mass is 347 g/mol. The molecule has 0 radical (unpaired) electrons. The van der Waals surface area contributed by atoms with Crippen molar-refractivity contribution in [2.45, 2.75) is 61.8 Å². The molecule has 2 saturated carbocycles. The number of aromatic nitrogens is 2. The van der Waals surface area contributed by atoms with Crippen LogP contribution in [-0.2, 0) is 10.0 Å². The van der Waals surface area contributed by atoms with Gasteiger partial charge in [0.05, 0.1) is 4.90 Å². The molecule has 1 heterocycles. The van der Waals surface area contributed by atoms with Gasteiger partial charge in [-0.3, -0.25) is 0 Å². The summed E-state index contributed by atoms with van der Waals surface area (Å²) in [6, 6.07) is 6.78. The predicted octanol–water partition coefficient (Wildman–Crippen LogP) is 3.23. The number of nitrogens with zero attached hydrogens (tertiary/aromatic N) is 2. The summed E-state index contributed by atoms with van der Waals surface area (Å²) in [4.78, 5) is 4.75. The quantitative estimate of drug-likeness (QED) is 0.897. The van der Waals surface area contributed by atoms with Crippen LogP contribution >= 0.6 is 0 Å². The Morgan fingerprint density at radius 3 is 2.62 bits per heavy atom. The molecule has 7 heteroatoms. The van der Waals surface area contributed by atoms with Crippen molar-refractivity contribution in [3.05, 3.63) is 30.1 Å². The first-order valence-electron chi connectivity index (χ1n) is 8.58. The molecule has 0 bridgehead atoms. The molecule has 0 unspecified atom stereocenters. The molecule has 4 rings (SSSR count). The second-order valence-electron chi connectivity index (χ2n) is 6.72. The van der Waals surface area contributed by atoms with E-state index >= 15 is 0 Å². The Labute approximate surface area is 141 Å². The summed E-state index contributed by atoms with van der Waals surface area (Å²) in [5.41, 5.74) is 0.642. The van der Waals surface area contributed by atoms with Crippen LogP contribution in [0.3, 0.4) is 0 Å². The number of hydrogen-bond acceptors (Lipinski definition) is 5. The molecule has 0 aliphatic heterocycles. The molecule has 0 saturated heterocycles. The topological polar surface area (TPSA) is 85.1 Å². The Morgan fingerprint density at radius 1 is 1.08 bits per heavy atom. The van der Waals surface area contributed by atoms with Crippen LogP contribution in [0.15, 0.2) is 33.7 Å². The lowest BCUT2D eigenvalue weighted by Crippen LogP contribution is -2.25. The number of benzene rings is 1. The SMILES string of the molecule is O=S(=O)(NC1CC1)c1cccc(-c2nc(C3CCCCC3)no2)c1. The van der Waals surface area contributed by atoms with E-state index in [1.54, 1.807) is 24.3 Å². The van der Waals surface area contributed by atoms with Gasteiger partial charge >= 0.3 is 0 Å². The Kier molecular flexibility index (Phi) is 4.14. The van der Waals surface area contributed by atoms with Gasteiger partial charge in [0.1, 0.15) is 0 Å². The van der Waals surface area contributed by atoms with Gasteiger partial charge < -0.3 is 4.52 Å². The van der Waals surface area contributed by atoms with Crippen molar-refractivity contribution in [2.24, 2.45) is 0 Å². The first-order chi connectivity index (χ1) is 11.6. The van der Waals surface area contributed by atoms with Gasteiger partial charge in [-0.15, -0.1) is 0 Å². The number of sulfonamides is 1. The zero-order chi connectivity index (χ0) is 16.6. The first kappa shape index (κ1) is 15.8. The first-order valence-corrected chi connectivity index (χ1v) is 10.1. The fraction of sp³-hybridized carbons (Fsp3) is 0.529. The van der Waals surface area contributed by atoms with Gasteiger partial charge in [-0.2, -0.15) is 4.98 Å². The highest BCUT2D eigenvalue weighted by Gasteiger charge is 2.28. The maximum atomic E-state index is 12.3. The average molecular weight is 347 g/mol. The standard InChI is InChI=1S/C17H21N3O3S/c21-24(22,20-14-9-10-14)15-8-4-7-13(11-15)17-18-16(19-23-17)12-5-2-1-3-6-12/h4,7-8,11-12,14,20H,1-3,5-6,9-10H2. The third-order valence-corrected chi connectivity index (χ3v) is 6.22. The summed E-state index contributed by atoms with van der Waals surface area (Å²) in [6.45, 7) is 0. The molecule has 1 aromatic heterocycles. The van der Waals surface area contributed by atoms with Crippen molar-refractivity contribution in [1.29, 1.82) is 0 Å². The lowest BCUT2D eigenvalue weighted by atomic mass is 9.89. The fourth-order valence-electron chi connectivity index (χ4n) is 3.16. The van der Waals surface area contributed by atoms with Crippen LogP contribution in [0.1, 0.15) is 56.7 Å². The maximum absolute atomic E-state index is 12.3. The minimum absolute atomic E-state index is 0.0833. The Balaban J connectivity index is 1.58. The molecule has 128 valence electrons. The normalized spacial score (nSPS) is 19.5. The zero-order valence-corrected chi connectivity index (χ0v) is 14.3. The van der Waals surface area contributed by atoms with Gasteiger partial charge in [-0.25, -0.2) is 13.1 Å². The number of hydrogen-bond donors (Lipinski definition) is 1. The highest BCUT2D eigenvalue weighted by atomic mass is 32.2. The summed E-state index contributed by atoms with van der Waals surface area (Å²) < 4.78 is 32.8. The lowest BCUT2D eigenvalue weighted by molar-refractivity contribution is 0.385. The van der Waals surface area contributed by atoms with E-state index in [0.717, 1.165) is 31.5 Å². The Bertz CT molecular complexity index is 821. The largest absolute Gasteiger partial charge is 0.334 e. The predicted molar refractivity (Wildman–Crippen MR) is 88.9 cm³/mol. The third-order valence-electron chi connectivity index (χ3n) is 4.70. The molecule has 2 aliphatic carbocycles. The van der Waals surface area contributed by atoms with E-state index < -0.39 is 10.0 Å². The third kappa shape index (κ3) is 3.37. The summed E-state index contributed by atoms with van der Waals surface area (Å²) in [7, 11) is -3.48. The Hall–Kier alpha value is -1.73. The zero-order valence-electron chi connectivity index (χ0n) is 13.4. The molecule has 0 amide bonds. The van der Waals surface area contributed by atoms with E-state index in [-0.39, 0.29) is 10.9 Å². The van der Waals surface area contributed by atoms with Gasteiger partial charge in [0, 0.05) is 17.5 Å². The van der Waals surface area contributed by atoms with Crippen molar-refractivity contribution in [3.8, 4) is 11.5 Å².